The molecule has 0 saturated carbocycles. The summed E-state index contributed by atoms with van der Waals surface area (Å²) in [5.41, 5.74) is 2.43. The molecule has 0 bridgehead atoms. The predicted molar refractivity (Wildman–Crippen MR) is 137 cm³/mol. The van der Waals surface area contributed by atoms with Crippen LogP contribution in [0, 0.1) is 11.8 Å². The van der Waals surface area contributed by atoms with E-state index in [1.807, 2.05) is 24.3 Å². The van der Waals surface area contributed by atoms with Crippen molar-refractivity contribution in [3.05, 3.63) is 89.5 Å². The second-order valence-electron chi connectivity index (χ2n) is 9.39. The lowest BCUT2D eigenvalue weighted by molar-refractivity contribution is -0.132. The first-order valence-electron chi connectivity index (χ1n) is 12.1. The lowest BCUT2D eigenvalue weighted by Gasteiger charge is -2.33. The van der Waals surface area contributed by atoms with E-state index in [0.29, 0.717) is 22.7 Å². The summed E-state index contributed by atoms with van der Waals surface area (Å²) >= 11 is 0. The summed E-state index contributed by atoms with van der Waals surface area (Å²) in [4.78, 5) is 54.2. The average molecular weight is 510 g/mol. The van der Waals surface area contributed by atoms with Crippen molar-refractivity contribution >= 4 is 35.5 Å². The molecule has 0 N–H and O–H groups in total. The first-order valence-corrected chi connectivity index (χ1v) is 12.1. The van der Waals surface area contributed by atoms with Crippen molar-refractivity contribution in [3.8, 4) is 11.5 Å². The number of carbonyl (C=O) groups excluding carboxylic acids is 4. The number of benzene rings is 3. The van der Waals surface area contributed by atoms with E-state index in [9.17, 15) is 19.2 Å². The van der Waals surface area contributed by atoms with E-state index < -0.39 is 41.7 Å². The Labute approximate surface area is 218 Å². The Kier molecular flexibility index (Phi) is 5.56. The molecule has 6 rings (SSSR count). The molecule has 1 unspecified atom stereocenters. The molecule has 0 spiro atoms. The highest BCUT2D eigenvalue weighted by molar-refractivity contribution is 6.24. The monoisotopic (exact) mass is 509 g/mol. The summed E-state index contributed by atoms with van der Waals surface area (Å²) in [5, 5.41) is 6.20. The summed E-state index contributed by atoms with van der Waals surface area (Å²) in [6, 6.07) is 18.9. The lowest BCUT2D eigenvalue weighted by Crippen LogP contribution is -2.44. The summed E-state index contributed by atoms with van der Waals surface area (Å²) in [6.07, 6.45) is 1.67. The highest BCUT2D eigenvalue weighted by Crippen LogP contribution is 2.53. The van der Waals surface area contributed by atoms with Crippen LogP contribution in [0.3, 0.4) is 0 Å². The van der Waals surface area contributed by atoms with Gasteiger partial charge in [0.1, 0.15) is 17.5 Å². The Balaban J connectivity index is 1.43. The SMILES string of the molecule is COc1ccc(C(=O)[C@H]2[C@H]3C(=O)N(c4ccc(OC(C)=O)cc4)C(=O)[C@H]3C3c4ccccc4C=NN32)cc1. The number of Topliss-reactive ketones (excluding diaryl/α,β-unsaturated/α-hetero) is 1. The number of esters is 1. The van der Waals surface area contributed by atoms with Gasteiger partial charge in [-0.2, -0.15) is 5.10 Å². The zero-order valence-corrected chi connectivity index (χ0v) is 20.6. The van der Waals surface area contributed by atoms with Gasteiger partial charge in [0, 0.05) is 12.5 Å². The number of anilines is 1. The van der Waals surface area contributed by atoms with Crippen LogP contribution in [0.5, 0.6) is 11.5 Å². The minimum absolute atomic E-state index is 0.296. The van der Waals surface area contributed by atoms with E-state index in [1.54, 1.807) is 54.7 Å². The zero-order chi connectivity index (χ0) is 26.6. The number of methoxy groups -OCH3 is 1. The molecule has 9 nitrogen and oxygen atoms in total. The zero-order valence-electron chi connectivity index (χ0n) is 20.6. The molecule has 3 aliphatic heterocycles. The standard InChI is InChI=1S/C29H23N3O6/c1-16(33)38-21-13-9-19(10-14-21)31-28(35)23-24(29(31)36)26(27(34)17-7-11-20(37-2)12-8-17)32-25(23)22-6-4-3-5-18(22)15-30-32/h3-15,23-26H,1-2H3/t23-,24+,25?,26-/m1/s1. The molecule has 3 aliphatic rings. The minimum Gasteiger partial charge on any atom is -0.497 e. The number of rotatable bonds is 5. The van der Waals surface area contributed by atoms with Gasteiger partial charge in [-0.15, -0.1) is 0 Å². The van der Waals surface area contributed by atoms with Crippen molar-refractivity contribution in [2.24, 2.45) is 16.9 Å². The third kappa shape index (κ3) is 3.58. The van der Waals surface area contributed by atoms with Crippen molar-refractivity contribution in [1.82, 2.24) is 5.01 Å². The molecular weight excluding hydrogens is 486 g/mol. The second kappa shape index (κ2) is 8.95. The fourth-order valence-electron chi connectivity index (χ4n) is 5.68. The molecule has 0 radical (unpaired) electrons. The fourth-order valence-corrected chi connectivity index (χ4v) is 5.68. The number of fused-ring (bicyclic) bond motifs is 5. The molecule has 3 heterocycles. The predicted octanol–water partition coefficient (Wildman–Crippen LogP) is 3.38. The topological polar surface area (TPSA) is 106 Å². The number of carbonyl (C=O) groups is 4. The molecule has 38 heavy (non-hydrogen) atoms. The van der Waals surface area contributed by atoms with Crippen LogP contribution in [0.1, 0.15) is 34.5 Å². The number of ether oxygens (including phenoxy) is 2. The number of ketones is 1. The molecule has 0 aliphatic carbocycles. The molecular formula is C29H23N3O6. The largest absolute Gasteiger partial charge is 0.497 e. The van der Waals surface area contributed by atoms with Gasteiger partial charge in [-0.05, 0) is 59.7 Å². The van der Waals surface area contributed by atoms with E-state index in [1.165, 1.54) is 19.1 Å². The van der Waals surface area contributed by atoms with Crippen LogP contribution in [0.25, 0.3) is 0 Å². The number of amides is 2. The number of hydrogen-bond donors (Lipinski definition) is 0. The van der Waals surface area contributed by atoms with E-state index in [0.717, 1.165) is 16.0 Å². The molecule has 2 amide bonds. The molecule has 190 valence electrons. The maximum atomic E-state index is 13.9. The van der Waals surface area contributed by atoms with Crippen LogP contribution in [-0.2, 0) is 14.4 Å². The van der Waals surface area contributed by atoms with Crippen LogP contribution < -0.4 is 14.4 Å². The van der Waals surface area contributed by atoms with Gasteiger partial charge in [0.2, 0.25) is 11.8 Å². The Hall–Kier alpha value is -4.79. The van der Waals surface area contributed by atoms with E-state index in [2.05, 4.69) is 5.10 Å². The van der Waals surface area contributed by atoms with Crippen molar-refractivity contribution in [1.29, 1.82) is 0 Å². The Bertz CT molecular complexity index is 1500. The van der Waals surface area contributed by atoms with E-state index in [4.69, 9.17) is 9.47 Å². The molecule has 3 aromatic rings. The summed E-state index contributed by atoms with van der Waals surface area (Å²) < 4.78 is 10.3. The quantitative estimate of drug-likeness (QED) is 0.225. The summed E-state index contributed by atoms with van der Waals surface area (Å²) in [5.74, 6) is -2.47. The number of nitrogens with zero attached hydrogens (tertiary/aromatic N) is 3. The van der Waals surface area contributed by atoms with Gasteiger partial charge in [0.05, 0.1) is 36.9 Å². The highest BCUT2D eigenvalue weighted by atomic mass is 16.5. The average Bonchev–Trinajstić information content (AvgIpc) is 3.41. The first-order chi connectivity index (χ1) is 18.4. The normalized spacial score (nSPS) is 23.1. The highest BCUT2D eigenvalue weighted by Gasteiger charge is 2.65. The van der Waals surface area contributed by atoms with E-state index >= 15 is 0 Å². The van der Waals surface area contributed by atoms with Crippen molar-refractivity contribution in [2.45, 2.75) is 19.0 Å². The summed E-state index contributed by atoms with van der Waals surface area (Å²) in [6.45, 7) is 1.29. The Morgan fingerprint density at radius 2 is 1.50 bits per heavy atom. The van der Waals surface area contributed by atoms with Gasteiger partial charge in [0.25, 0.3) is 0 Å². The fraction of sp³-hybridized carbons (Fsp3) is 0.207. The maximum Gasteiger partial charge on any atom is 0.308 e. The minimum atomic E-state index is -0.968. The Morgan fingerprint density at radius 3 is 2.18 bits per heavy atom. The first kappa shape index (κ1) is 23.6. The van der Waals surface area contributed by atoms with Gasteiger partial charge in [-0.1, -0.05) is 24.3 Å². The van der Waals surface area contributed by atoms with Crippen molar-refractivity contribution in [3.63, 3.8) is 0 Å². The van der Waals surface area contributed by atoms with Crippen LogP contribution >= 0.6 is 0 Å². The van der Waals surface area contributed by atoms with Crippen LogP contribution in [0.4, 0.5) is 5.69 Å². The molecule has 4 atom stereocenters. The van der Waals surface area contributed by atoms with Crippen molar-refractivity contribution < 1.29 is 28.7 Å². The number of hydrogen-bond acceptors (Lipinski definition) is 8. The molecule has 2 saturated heterocycles. The number of hydrazone groups is 1. The second-order valence-corrected chi connectivity index (χ2v) is 9.39. The maximum absolute atomic E-state index is 13.9. The van der Waals surface area contributed by atoms with Gasteiger partial charge >= 0.3 is 5.97 Å². The third-order valence-corrected chi connectivity index (χ3v) is 7.29. The van der Waals surface area contributed by atoms with Crippen LogP contribution in [0.2, 0.25) is 0 Å². The lowest BCUT2D eigenvalue weighted by atomic mass is 9.83. The van der Waals surface area contributed by atoms with Crippen LogP contribution in [-0.4, -0.2) is 47.9 Å². The van der Waals surface area contributed by atoms with Gasteiger partial charge in [-0.25, -0.2) is 4.90 Å². The molecule has 2 fully saturated rings. The van der Waals surface area contributed by atoms with Gasteiger partial charge in [-0.3, -0.25) is 24.2 Å². The van der Waals surface area contributed by atoms with Crippen LogP contribution in [0.15, 0.2) is 77.9 Å². The Morgan fingerprint density at radius 1 is 0.842 bits per heavy atom. The van der Waals surface area contributed by atoms with Gasteiger partial charge < -0.3 is 9.47 Å². The molecule has 0 aromatic heterocycles. The number of imide groups is 1. The van der Waals surface area contributed by atoms with Gasteiger partial charge in [0.15, 0.2) is 5.78 Å². The molecule has 3 aromatic carbocycles. The smallest absolute Gasteiger partial charge is 0.308 e. The summed E-state index contributed by atoms with van der Waals surface area (Å²) in [7, 11) is 1.54. The molecule has 9 heteroatoms. The van der Waals surface area contributed by atoms with Crippen molar-refractivity contribution in [2.75, 3.05) is 12.0 Å². The third-order valence-electron chi connectivity index (χ3n) is 7.29. The van der Waals surface area contributed by atoms with E-state index in [-0.39, 0.29) is 5.78 Å².